The molecule has 0 aliphatic heterocycles. The predicted molar refractivity (Wildman–Crippen MR) is 63.3 cm³/mol. The Morgan fingerprint density at radius 1 is 1.40 bits per heavy atom. The first kappa shape index (κ1) is 11.1. The molecule has 3 heteroatoms. The van der Waals surface area contributed by atoms with Crippen LogP contribution in [-0.2, 0) is 5.41 Å². The lowest BCUT2D eigenvalue weighted by Gasteiger charge is -2.33. The molecule has 0 aromatic heterocycles. The van der Waals surface area contributed by atoms with Crippen molar-refractivity contribution in [1.82, 2.24) is 0 Å². The summed E-state index contributed by atoms with van der Waals surface area (Å²) in [5, 5.41) is 0. The second-order valence-electron chi connectivity index (χ2n) is 4.91. The Kier molecular flexibility index (Phi) is 2.43. The van der Waals surface area contributed by atoms with Crippen molar-refractivity contribution in [2.75, 3.05) is 0 Å². The number of hydrogen-bond acceptors (Lipinski definition) is 1. The molecule has 1 saturated carbocycles. The van der Waals surface area contributed by atoms with Gasteiger partial charge in [0.1, 0.15) is 5.82 Å². The summed E-state index contributed by atoms with van der Waals surface area (Å²) in [4.78, 5) is 0. The molecule has 0 heterocycles. The van der Waals surface area contributed by atoms with E-state index in [4.69, 9.17) is 5.73 Å². The van der Waals surface area contributed by atoms with Crippen LogP contribution in [0.5, 0.6) is 0 Å². The van der Waals surface area contributed by atoms with Gasteiger partial charge in [-0.05, 0) is 30.5 Å². The number of rotatable bonds is 2. The van der Waals surface area contributed by atoms with E-state index in [1.54, 1.807) is 0 Å². The summed E-state index contributed by atoms with van der Waals surface area (Å²) in [5.74, 6) is -0.219. The van der Waals surface area contributed by atoms with E-state index >= 15 is 0 Å². The van der Waals surface area contributed by atoms with Gasteiger partial charge >= 0.3 is 0 Å². The Balaban J connectivity index is 2.45. The van der Waals surface area contributed by atoms with Crippen molar-refractivity contribution in [1.29, 1.82) is 0 Å². The minimum atomic E-state index is -0.219. The first-order valence-corrected chi connectivity index (χ1v) is 5.90. The highest BCUT2D eigenvalue weighted by atomic mass is 79.9. The molecule has 1 nitrogen and oxygen atoms in total. The van der Waals surface area contributed by atoms with Crippen LogP contribution in [0.4, 0.5) is 4.39 Å². The SMILES string of the molecule is CC(C)(c1ccc(F)cc1Br)C1(N)CC1. The molecule has 0 radical (unpaired) electrons. The lowest BCUT2D eigenvalue weighted by molar-refractivity contribution is 0.389. The summed E-state index contributed by atoms with van der Waals surface area (Å²) in [5.41, 5.74) is 7.11. The Morgan fingerprint density at radius 2 is 2.00 bits per heavy atom. The van der Waals surface area contributed by atoms with E-state index in [1.807, 2.05) is 6.07 Å². The molecule has 0 atom stereocenters. The standard InChI is InChI=1S/C12H15BrFN/c1-11(2,12(15)5-6-12)9-4-3-8(14)7-10(9)13/h3-4,7H,5-6,15H2,1-2H3. The van der Waals surface area contributed by atoms with Gasteiger partial charge in [-0.1, -0.05) is 35.8 Å². The van der Waals surface area contributed by atoms with Crippen LogP contribution in [0, 0.1) is 5.82 Å². The Morgan fingerprint density at radius 3 is 2.47 bits per heavy atom. The molecule has 2 N–H and O–H groups in total. The fourth-order valence-electron chi connectivity index (χ4n) is 2.02. The molecule has 0 amide bonds. The minimum Gasteiger partial charge on any atom is -0.324 e. The summed E-state index contributed by atoms with van der Waals surface area (Å²) in [6.07, 6.45) is 2.09. The van der Waals surface area contributed by atoms with Gasteiger partial charge in [-0.2, -0.15) is 0 Å². The maximum atomic E-state index is 13.0. The Labute approximate surface area is 98.0 Å². The smallest absolute Gasteiger partial charge is 0.124 e. The molecule has 1 fully saturated rings. The van der Waals surface area contributed by atoms with E-state index in [-0.39, 0.29) is 16.8 Å². The lowest BCUT2D eigenvalue weighted by Crippen LogP contribution is -2.43. The average molecular weight is 272 g/mol. The van der Waals surface area contributed by atoms with Crippen molar-refractivity contribution in [2.45, 2.75) is 37.6 Å². The van der Waals surface area contributed by atoms with Gasteiger partial charge in [0.15, 0.2) is 0 Å². The maximum absolute atomic E-state index is 13.0. The van der Waals surface area contributed by atoms with Crippen molar-refractivity contribution in [3.63, 3.8) is 0 Å². The van der Waals surface area contributed by atoms with Crippen LogP contribution >= 0.6 is 15.9 Å². The van der Waals surface area contributed by atoms with E-state index in [2.05, 4.69) is 29.8 Å². The van der Waals surface area contributed by atoms with Gasteiger partial charge in [0.2, 0.25) is 0 Å². The summed E-state index contributed by atoms with van der Waals surface area (Å²) < 4.78 is 13.8. The molecular formula is C12H15BrFN. The third-order valence-electron chi connectivity index (χ3n) is 3.64. The molecule has 1 aliphatic carbocycles. The van der Waals surface area contributed by atoms with E-state index in [0.29, 0.717) is 0 Å². The van der Waals surface area contributed by atoms with Crippen LogP contribution < -0.4 is 5.73 Å². The van der Waals surface area contributed by atoms with Crippen molar-refractivity contribution >= 4 is 15.9 Å². The van der Waals surface area contributed by atoms with Gasteiger partial charge in [0.05, 0.1) is 0 Å². The quantitative estimate of drug-likeness (QED) is 0.877. The molecule has 1 aromatic rings. The first-order chi connectivity index (χ1) is 6.87. The fourth-order valence-corrected chi connectivity index (χ4v) is 2.87. The number of halogens is 2. The van der Waals surface area contributed by atoms with Gasteiger partial charge in [-0.25, -0.2) is 4.39 Å². The van der Waals surface area contributed by atoms with E-state index < -0.39 is 0 Å². The number of hydrogen-bond donors (Lipinski definition) is 1. The lowest BCUT2D eigenvalue weighted by atomic mass is 9.76. The van der Waals surface area contributed by atoms with Gasteiger partial charge in [-0.15, -0.1) is 0 Å². The average Bonchev–Trinajstić information content (AvgIpc) is 2.84. The highest BCUT2D eigenvalue weighted by Crippen LogP contribution is 2.50. The first-order valence-electron chi connectivity index (χ1n) is 5.11. The zero-order valence-electron chi connectivity index (χ0n) is 8.98. The second-order valence-corrected chi connectivity index (χ2v) is 5.76. The summed E-state index contributed by atoms with van der Waals surface area (Å²) >= 11 is 3.41. The van der Waals surface area contributed by atoms with Gasteiger partial charge in [-0.3, -0.25) is 0 Å². The van der Waals surface area contributed by atoms with Crippen LogP contribution in [0.2, 0.25) is 0 Å². The van der Waals surface area contributed by atoms with Crippen molar-refractivity contribution in [3.05, 3.63) is 34.1 Å². The summed E-state index contributed by atoms with van der Waals surface area (Å²) in [7, 11) is 0. The highest BCUT2D eigenvalue weighted by molar-refractivity contribution is 9.10. The van der Waals surface area contributed by atoms with Gasteiger partial charge in [0, 0.05) is 15.4 Å². The fraction of sp³-hybridized carbons (Fsp3) is 0.500. The minimum absolute atomic E-state index is 0.112. The van der Waals surface area contributed by atoms with Crippen molar-refractivity contribution in [2.24, 2.45) is 5.73 Å². The topological polar surface area (TPSA) is 26.0 Å². The predicted octanol–water partition coefficient (Wildman–Crippen LogP) is 3.36. The zero-order chi connectivity index (χ0) is 11.3. The maximum Gasteiger partial charge on any atom is 0.124 e. The molecular weight excluding hydrogens is 257 g/mol. The van der Waals surface area contributed by atoms with Crippen LogP contribution in [-0.4, -0.2) is 5.54 Å². The number of nitrogens with two attached hydrogens (primary N) is 1. The third-order valence-corrected chi connectivity index (χ3v) is 4.29. The van der Waals surface area contributed by atoms with Gasteiger partial charge in [0.25, 0.3) is 0 Å². The van der Waals surface area contributed by atoms with Crippen LogP contribution in [0.3, 0.4) is 0 Å². The van der Waals surface area contributed by atoms with Crippen LogP contribution in [0.15, 0.2) is 22.7 Å². The molecule has 1 aromatic carbocycles. The van der Waals surface area contributed by atoms with E-state index in [0.717, 1.165) is 22.9 Å². The monoisotopic (exact) mass is 271 g/mol. The molecule has 1 aliphatic rings. The molecule has 0 spiro atoms. The largest absolute Gasteiger partial charge is 0.324 e. The van der Waals surface area contributed by atoms with Crippen LogP contribution in [0.1, 0.15) is 32.3 Å². The van der Waals surface area contributed by atoms with Crippen LogP contribution in [0.25, 0.3) is 0 Å². The van der Waals surface area contributed by atoms with E-state index in [1.165, 1.54) is 12.1 Å². The van der Waals surface area contributed by atoms with Crippen molar-refractivity contribution < 1.29 is 4.39 Å². The molecule has 0 saturated heterocycles. The van der Waals surface area contributed by atoms with Gasteiger partial charge < -0.3 is 5.73 Å². The molecule has 15 heavy (non-hydrogen) atoms. The number of benzene rings is 1. The summed E-state index contributed by atoms with van der Waals surface area (Å²) in [6.45, 7) is 4.25. The van der Waals surface area contributed by atoms with E-state index in [9.17, 15) is 4.39 Å². The Bertz CT molecular complexity index is 397. The Hall–Kier alpha value is -0.410. The summed E-state index contributed by atoms with van der Waals surface area (Å²) in [6, 6.07) is 4.82. The molecule has 0 bridgehead atoms. The van der Waals surface area contributed by atoms with Crippen molar-refractivity contribution in [3.8, 4) is 0 Å². The highest BCUT2D eigenvalue weighted by Gasteiger charge is 2.52. The normalized spacial score (nSPS) is 19.0. The molecule has 2 rings (SSSR count). The second kappa shape index (κ2) is 3.29. The molecule has 0 unspecified atom stereocenters. The zero-order valence-corrected chi connectivity index (χ0v) is 10.6. The molecule has 82 valence electrons. The third kappa shape index (κ3) is 1.72.